The third-order valence-corrected chi connectivity index (χ3v) is 10.1. The molecular formula is C41H37N3O4S. The van der Waals surface area contributed by atoms with Crippen molar-refractivity contribution in [2.75, 3.05) is 20.2 Å². The van der Waals surface area contributed by atoms with Gasteiger partial charge in [-0.3, -0.25) is 14.2 Å². The molecule has 0 spiro atoms. The van der Waals surface area contributed by atoms with E-state index in [0.29, 0.717) is 51.8 Å². The van der Waals surface area contributed by atoms with Gasteiger partial charge >= 0.3 is 0 Å². The summed E-state index contributed by atoms with van der Waals surface area (Å²) in [6.45, 7) is 7.27. The van der Waals surface area contributed by atoms with Crippen LogP contribution in [-0.4, -0.2) is 35.6 Å². The highest BCUT2D eigenvalue weighted by atomic mass is 32.1. The lowest BCUT2D eigenvalue weighted by Gasteiger charge is -2.30. The van der Waals surface area contributed by atoms with Crippen molar-refractivity contribution >= 4 is 44.9 Å². The number of allylic oxidation sites excluding steroid dienone is 1. The molecule has 0 bridgehead atoms. The van der Waals surface area contributed by atoms with Gasteiger partial charge in [0.1, 0.15) is 24.1 Å². The molecule has 0 N–H and O–H groups in total. The van der Waals surface area contributed by atoms with E-state index < -0.39 is 6.04 Å². The zero-order valence-electron chi connectivity index (χ0n) is 28.0. The zero-order valence-corrected chi connectivity index (χ0v) is 28.8. The Morgan fingerprint density at radius 2 is 1.59 bits per heavy atom. The van der Waals surface area contributed by atoms with E-state index in [0.717, 1.165) is 32.8 Å². The minimum absolute atomic E-state index is 0.142. The average Bonchev–Trinajstić information content (AvgIpc) is 3.43. The molecule has 0 radical (unpaired) electrons. The number of aromatic nitrogens is 1. The highest BCUT2D eigenvalue weighted by molar-refractivity contribution is 7.07. The maximum absolute atomic E-state index is 14.5. The minimum Gasteiger partial charge on any atom is -0.496 e. The number of carbonyl (C=O) groups excluding carboxylic acids is 1. The van der Waals surface area contributed by atoms with Crippen molar-refractivity contribution in [3.63, 3.8) is 0 Å². The Bertz CT molecular complexity index is 2430. The van der Waals surface area contributed by atoms with Crippen LogP contribution in [0.1, 0.15) is 43.5 Å². The fourth-order valence-corrected chi connectivity index (χ4v) is 7.76. The van der Waals surface area contributed by atoms with Crippen molar-refractivity contribution in [2.24, 2.45) is 4.99 Å². The molecule has 1 atom stereocenters. The predicted molar refractivity (Wildman–Crippen MR) is 197 cm³/mol. The van der Waals surface area contributed by atoms with Gasteiger partial charge in [-0.15, -0.1) is 0 Å². The maximum atomic E-state index is 14.5. The van der Waals surface area contributed by atoms with E-state index in [1.165, 1.54) is 16.7 Å². The lowest BCUT2D eigenvalue weighted by Crippen LogP contribution is -2.43. The Labute approximate surface area is 288 Å². The van der Waals surface area contributed by atoms with Crippen LogP contribution < -0.4 is 24.4 Å². The highest BCUT2D eigenvalue weighted by Gasteiger charge is 2.36. The number of carbonyl (C=O) groups is 1. The predicted octanol–water partition coefficient (Wildman–Crippen LogP) is 7.00. The molecule has 6 aromatic rings. The smallest absolute Gasteiger partial charge is 0.271 e. The standard InChI is InChI=1S/C41H37N3O4S/c1-5-43(6-2)40(46)36-26(3)42-41-44(38(36)37-33-20-10-8-15-29(33)21-22-34(37)47-4)39(45)35(49-41)24-27-13-11-18-31(23-27)48-25-30-17-12-16-28-14-7-9-19-32(28)30/h7-24,38H,5-6,25H2,1-4H3/b35-24+/t38-/m0/s1. The number of methoxy groups -OCH3 is 1. The first-order valence-corrected chi connectivity index (χ1v) is 17.3. The van der Waals surface area contributed by atoms with E-state index in [-0.39, 0.29) is 11.5 Å². The topological polar surface area (TPSA) is 73.1 Å². The number of benzene rings is 5. The van der Waals surface area contributed by atoms with Gasteiger partial charge in [-0.1, -0.05) is 96.3 Å². The molecular weight excluding hydrogens is 631 g/mol. The number of hydrogen-bond donors (Lipinski definition) is 0. The highest BCUT2D eigenvalue weighted by Crippen LogP contribution is 2.40. The summed E-state index contributed by atoms with van der Waals surface area (Å²) >= 11 is 1.32. The number of thiazole rings is 1. The normalized spacial score (nSPS) is 14.5. The Morgan fingerprint density at radius 3 is 2.35 bits per heavy atom. The number of fused-ring (bicyclic) bond motifs is 3. The molecule has 1 amide bonds. The van der Waals surface area contributed by atoms with Gasteiger partial charge in [-0.05, 0) is 77.7 Å². The number of likely N-dealkylation sites (N-methyl/N-ethyl adjacent to an activating group) is 1. The summed E-state index contributed by atoms with van der Waals surface area (Å²) in [5, 5.41) is 4.24. The van der Waals surface area contributed by atoms with Gasteiger partial charge in [0, 0.05) is 18.7 Å². The lowest BCUT2D eigenvalue weighted by atomic mass is 9.90. The summed E-state index contributed by atoms with van der Waals surface area (Å²) < 4.78 is 14.4. The summed E-state index contributed by atoms with van der Waals surface area (Å²) in [5.74, 6) is 1.17. The van der Waals surface area contributed by atoms with E-state index in [9.17, 15) is 9.59 Å². The van der Waals surface area contributed by atoms with Crippen LogP contribution in [0.15, 0.2) is 124 Å². The fourth-order valence-electron chi connectivity index (χ4n) is 6.71. The number of rotatable bonds is 9. The molecule has 0 aliphatic carbocycles. The molecule has 0 unspecified atom stereocenters. The van der Waals surface area contributed by atoms with Crippen molar-refractivity contribution in [1.82, 2.24) is 9.47 Å². The third-order valence-electron chi connectivity index (χ3n) is 9.16. The monoisotopic (exact) mass is 667 g/mol. The van der Waals surface area contributed by atoms with Crippen LogP contribution in [0.4, 0.5) is 0 Å². The van der Waals surface area contributed by atoms with E-state index in [1.54, 1.807) is 16.6 Å². The van der Waals surface area contributed by atoms with Crippen molar-refractivity contribution in [2.45, 2.75) is 33.4 Å². The van der Waals surface area contributed by atoms with Gasteiger partial charge in [-0.2, -0.15) is 0 Å². The summed E-state index contributed by atoms with van der Waals surface area (Å²) in [5.41, 5.74) is 3.54. The second kappa shape index (κ2) is 13.6. The van der Waals surface area contributed by atoms with Crippen LogP contribution in [0.3, 0.4) is 0 Å². The van der Waals surface area contributed by atoms with E-state index in [4.69, 9.17) is 14.5 Å². The summed E-state index contributed by atoms with van der Waals surface area (Å²) in [6, 6.07) is 33.4. The van der Waals surface area contributed by atoms with Crippen LogP contribution in [-0.2, 0) is 11.4 Å². The number of ether oxygens (including phenoxy) is 2. The zero-order chi connectivity index (χ0) is 34.1. The van der Waals surface area contributed by atoms with Gasteiger partial charge in [0.05, 0.1) is 22.9 Å². The molecule has 1 aromatic heterocycles. The molecule has 246 valence electrons. The molecule has 0 saturated heterocycles. The fraction of sp³-hybridized carbons (Fsp3) is 0.195. The van der Waals surface area contributed by atoms with Gasteiger partial charge in [0.25, 0.3) is 11.5 Å². The molecule has 8 heteroatoms. The first kappa shape index (κ1) is 32.1. The average molecular weight is 668 g/mol. The number of hydrogen-bond acceptors (Lipinski definition) is 6. The van der Waals surface area contributed by atoms with Crippen LogP contribution in [0, 0.1) is 0 Å². The van der Waals surface area contributed by atoms with Crippen LogP contribution in [0.25, 0.3) is 27.6 Å². The molecule has 0 saturated carbocycles. The van der Waals surface area contributed by atoms with Gasteiger partial charge in [-0.25, -0.2) is 4.99 Å². The first-order valence-electron chi connectivity index (χ1n) is 16.5. The van der Waals surface area contributed by atoms with Crippen molar-refractivity contribution < 1.29 is 14.3 Å². The van der Waals surface area contributed by atoms with Gasteiger partial charge < -0.3 is 14.4 Å². The largest absolute Gasteiger partial charge is 0.496 e. The van der Waals surface area contributed by atoms with Crippen molar-refractivity contribution in [1.29, 1.82) is 0 Å². The van der Waals surface area contributed by atoms with Crippen LogP contribution >= 0.6 is 11.3 Å². The van der Waals surface area contributed by atoms with Gasteiger partial charge in [0.2, 0.25) is 0 Å². The van der Waals surface area contributed by atoms with Crippen molar-refractivity contribution in [3.05, 3.63) is 151 Å². The molecule has 1 aliphatic heterocycles. The summed E-state index contributed by atoms with van der Waals surface area (Å²) in [7, 11) is 1.62. The molecule has 1 aliphatic rings. The molecule has 49 heavy (non-hydrogen) atoms. The Balaban J connectivity index is 1.33. The van der Waals surface area contributed by atoms with Crippen LogP contribution in [0.5, 0.6) is 11.5 Å². The first-order chi connectivity index (χ1) is 23.9. The van der Waals surface area contributed by atoms with E-state index in [1.807, 2.05) is 106 Å². The number of amides is 1. The second-order valence-corrected chi connectivity index (χ2v) is 13.0. The molecule has 5 aromatic carbocycles. The maximum Gasteiger partial charge on any atom is 0.271 e. The second-order valence-electron chi connectivity index (χ2n) is 12.0. The lowest BCUT2D eigenvalue weighted by molar-refractivity contribution is -0.127. The minimum atomic E-state index is -0.733. The molecule has 0 fully saturated rings. The van der Waals surface area contributed by atoms with Gasteiger partial charge in [0.15, 0.2) is 4.80 Å². The van der Waals surface area contributed by atoms with E-state index >= 15 is 0 Å². The Kier molecular flexibility index (Phi) is 8.89. The SMILES string of the molecule is CCN(CC)C(=O)C1=C(C)N=c2s/c(=C/c3cccc(OCc4cccc5ccccc45)c3)c(=O)n2[C@@H]1c1c(OC)ccc2ccccc12. The van der Waals surface area contributed by atoms with Crippen LogP contribution in [0.2, 0.25) is 0 Å². The third kappa shape index (κ3) is 5.93. The summed E-state index contributed by atoms with van der Waals surface area (Å²) in [6.07, 6.45) is 1.87. The molecule has 7 rings (SSSR count). The molecule has 2 heterocycles. The van der Waals surface area contributed by atoms with Crippen molar-refractivity contribution in [3.8, 4) is 11.5 Å². The Hall–Kier alpha value is -5.47. The Morgan fingerprint density at radius 1 is 0.898 bits per heavy atom. The quantitative estimate of drug-likeness (QED) is 0.167. The van der Waals surface area contributed by atoms with E-state index in [2.05, 4.69) is 24.3 Å². The molecule has 7 nitrogen and oxygen atoms in total. The summed E-state index contributed by atoms with van der Waals surface area (Å²) in [4.78, 5) is 35.9. The number of nitrogens with zero attached hydrogens (tertiary/aromatic N) is 3.